The molecule has 0 aromatic rings. The van der Waals surface area contributed by atoms with E-state index in [1.54, 1.807) is 0 Å². The highest BCUT2D eigenvalue weighted by Crippen LogP contribution is 2.26. The maximum atomic E-state index is 13.1. The molecule has 1 fully saturated rings. The number of carboxylic acids is 1. The van der Waals surface area contributed by atoms with Crippen LogP contribution in [0.3, 0.4) is 0 Å². The third-order valence-electron chi connectivity index (χ3n) is 12.9. The molecule has 0 bridgehead atoms. The van der Waals surface area contributed by atoms with Gasteiger partial charge in [-0.15, -0.1) is 0 Å². The number of ether oxygens (including phenoxy) is 5. The van der Waals surface area contributed by atoms with Gasteiger partial charge in [-0.05, 0) is 109 Å². The molecule has 0 spiro atoms. The first-order valence-corrected chi connectivity index (χ1v) is 29.6. The van der Waals surface area contributed by atoms with E-state index in [4.69, 9.17) is 23.7 Å². The van der Waals surface area contributed by atoms with Crippen LogP contribution in [0.1, 0.15) is 239 Å². The maximum Gasteiger partial charge on any atom is 0.335 e. The third kappa shape index (κ3) is 40.8. The van der Waals surface area contributed by atoms with Crippen molar-refractivity contribution in [3.8, 4) is 0 Å². The Labute approximate surface area is 454 Å². The van der Waals surface area contributed by atoms with E-state index in [1.165, 1.54) is 38.5 Å². The Kier molecular flexibility index (Phi) is 46.6. The van der Waals surface area contributed by atoms with Crippen molar-refractivity contribution >= 4 is 23.9 Å². The first-order valence-electron chi connectivity index (χ1n) is 29.6. The van der Waals surface area contributed by atoms with Crippen molar-refractivity contribution in [1.82, 2.24) is 0 Å². The molecule has 12 heteroatoms. The summed E-state index contributed by atoms with van der Waals surface area (Å²) in [6, 6.07) is 0. The van der Waals surface area contributed by atoms with E-state index >= 15 is 0 Å². The van der Waals surface area contributed by atoms with E-state index in [2.05, 4.69) is 106 Å². The number of aliphatic carboxylic acids is 1. The molecule has 428 valence electrons. The standard InChI is InChI=1S/C63H104O12/c1-4-7-10-13-16-19-22-25-28-31-34-37-40-43-46-49-55(64)71-52-54(73-56(65)50-47-44-41-38-35-32-29-26-23-20-17-14-11-8-5-2)53-72-63-61(59(68)58(67)60(75-63)62(69)70)74-57(66)51-48-45-42-39-36-33-30-27-24-21-18-15-12-9-6-3/h7-8,10-11,16-17,19-20,25-30,54,58-61,63,67-68H,4-6,9,12-15,18,21-24,31-53H2,1-3H3,(H,69,70)/b10-7-,11-8-,19-16-,20-17-,28-25-,29-26-,30-27-. The van der Waals surface area contributed by atoms with Gasteiger partial charge in [-0.25, -0.2) is 4.79 Å². The molecule has 3 N–H and O–H groups in total. The second-order valence-electron chi connectivity index (χ2n) is 19.9. The molecule has 0 radical (unpaired) electrons. The lowest BCUT2D eigenvalue weighted by atomic mass is 9.98. The van der Waals surface area contributed by atoms with Gasteiger partial charge in [0.25, 0.3) is 0 Å². The van der Waals surface area contributed by atoms with E-state index in [0.717, 1.165) is 141 Å². The molecule has 0 aromatic heterocycles. The van der Waals surface area contributed by atoms with Crippen LogP contribution in [-0.4, -0.2) is 89.2 Å². The van der Waals surface area contributed by atoms with Crippen LogP contribution in [0.5, 0.6) is 0 Å². The molecule has 1 heterocycles. The normalized spacial score (nSPS) is 18.8. The zero-order valence-electron chi connectivity index (χ0n) is 47.0. The molecule has 0 saturated carbocycles. The van der Waals surface area contributed by atoms with Crippen molar-refractivity contribution in [3.05, 3.63) is 85.1 Å². The molecule has 1 saturated heterocycles. The van der Waals surface area contributed by atoms with Gasteiger partial charge < -0.3 is 39.0 Å². The summed E-state index contributed by atoms with van der Waals surface area (Å²) in [6.07, 6.45) is 52.6. The van der Waals surface area contributed by atoms with Crippen LogP contribution in [0.15, 0.2) is 85.1 Å². The van der Waals surface area contributed by atoms with Crippen molar-refractivity contribution in [2.24, 2.45) is 0 Å². The van der Waals surface area contributed by atoms with Crippen LogP contribution < -0.4 is 0 Å². The fraction of sp³-hybridized carbons (Fsp3) is 0.714. The smallest absolute Gasteiger partial charge is 0.335 e. The topological polar surface area (TPSA) is 175 Å². The van der Waals surface area contributed by atoms with E-state index in [9.17, 15) is 34.5 Å². The van der Waals surface area contributed by atoms with Gasteiger partial charge >= 0.3 is 23.9 Å². The monoisotopic (exact) mass is 1050 g/mol. The molecular weight excluding hydrogens is 949 g/mol. The highest BCUT2D eigenvalue weighted by Gasteiger charge is 2.50. The van der Waals surface area contributed by atoms with Gasteiger partial charge in [0.05, 0.1) is 6.61 Å². The van der Waals surface area contributed by atoms with Crippen LogP contribution in [0, 0.1) is 0 Å². The van der Waals surface area contributed by atoms with Crippen LogP contribution in [0.25, 0.3) is 0 Å². The average molecular weight is 1050 g/mol. The minimum atomic E-state index is -1.91. The first-order chi connectivity index (χ1) is 36.6. The number of allylic oxidation sites excluding steroid dienone is 14. The number of carboxylic acid groups (broad SMARTS) is 1. The molecule has 1 rings (SSSR count). The molecule has 1 aliphatic rings. The lowest BCUT2D eigenvalue weighted by Crippen LogP contribution is -2.61. The summed E-state index contributed by atoms with van der Waals surface area (Å²) < 4.78 is 28.4. The predicted octanol–water partition coefficient (Wildman–Crippen LogP) is 15.1. The van der Waals surface area contributed by atoms with Crippen molar-refractivity contribution in [3.63, 3.8) is 0 Å². The number of hydrogen-bond acceptors (Lipinski definition) is 11. The lowest BCUT2D eigenvalue weighted by molar-refractivity contribution is -0.301. The minimum Gasteiger partial charge on any atom is -0.479 e. The summed E-state index contributed by atoms with van der Waals surface area (Å²) in [5.41, 5.74) is 0. The number of aliphatic hydroxyl groups is 2. The average Bonchev–Trinajstić information content (AvgIpc) is 3.39. The zero-order valence-corrected chi connectivity index (χ0v) is 47.0. The molecule has 1 aliphatic heterocycles. The summed E-state index contributed by atoms with van der Waals surface area (Å²) in [4.78, 5) is 51.1. The van der Waals surface area contributed by atoms with E-state index in [-0.39, 0.29) is 25.9 Å². The van der Waals surface area contributed by atoms with Crippen molar-refractivity contribution in [2.45, 2.75) is 276 Å². The summed E-state index contributed by atoms with van der Waals surface area (Å²) in [5.74, 6) is -3.18. The van der Waals surface area contributed by atoms with Gasteiger partial charge in [0, 0.05) is 19.3 Å². The molecule has 75 heavy (non-hydrogen) atoms. The van der Waals surface area contributed by atoms with Crippen molar-refractivity contribution in [2.75, 3.05) is 13.2 Å². The zero-order chi connectivity index (χ0) is 54.7. The van der Waals surface area contributed by atoms with Crippen molar-refractivity contribution < 1.29 is 58.2 Å². The molecular formula is C63H104O12. The van der Waals surface area contributed by atoms with Gasteiger partial charge in [0.15, 0.2) is 24.6 Å². The van der Waals surface area contributed by atoms with Gasteiger partial charge in [0.1, 0.15) is 18.8 Å². The van der Waals surface area contributed by atoms with Gasteiger partial charge in [-0.3, -0.25) is 14.4 Å². The van der Waals surface area contributed by atoms with Crippen molar-refractivity contribution in [1.29, 1.82) is 0 Å². The number of aliphatic hydroxyl groups excluding tert-OH is 2. The minimum absolute atomic E-state index is 0.0440. The fourth-order valence-electron chi connectivity index (χ4n) is 8.45. The van der Waals surface area contributed by atoms with Crippen LogP contribution in [0.4, 0.5) is 0 Å². The Morgan fingerprint density at radius 1 is 0.453 bits per heavy atom. The molecule has 0 aromatic carbocycles. The predicted molar refractivity (Wildman–Crippen MR) is 303 cm³/mol. The second-order valence-corrected chi connectivity index (χ2v) is 19.9. The fourth-order valence-corrected chi connectivity index (χ4v) is 8.45. The van der Waals surface area contributed by atoms with E-state index in [1.807, 2.05) is 0 Å². The third-order valence-corrected chi connectivity index (χ3v) is 12.9. The summed E-state index contributed by atoms with van der Waals surface area (Å²) in [5, 5.41) is 31.5. The summed E-state index contributed by atoms with van der Waals surface area (Å²) >= 11 is 0. The maximum absolute atomic E-state index is 13.1. The van der Waals surface area contributed by atoms with E-state index in [0.29, 0.717) is 19.3 Å². The largest absolute Gasteiger partial charge is 0.479 e. The quantitative estimate of drug-likeness (QED) is 0.0228. The number of carbonyl (C=O) groups is 4. The number of unbranched alkanes of at least 4 members (excludes halogenated alkanes) is 21. The number of hydrogen-bond donors (Lipinski definition) is 3. The Morgan fingerprint density at radius 2 is 0.840 bits per heavy atom. The van der Waals surface area contributed by atoms with Gasteiger partial charge in [0.2, 0.25) is 0 Å². The number of rotatable bonds is 49. The Morgan fingerprint density at radius 3 is 1.29 bits per heavy atom. The molecule has 6 unspecified atom stereocenters. The Balaban J connectivity index is 2.72. The SMILES string of the molecule is CC/C=C\C/C=C\C/C=C\CCCCCCCC(=O)OCC(COC1OC(C(=O)O)C(O)C(O)C1OC(=O)CCCCCCC/C=C\CCCCCCCC)OC(=O)CCCCCCC/C=C\C/C=C\C/C=C\CC. The second kappa shape index (κ2) is 50.7. The molecule has 6 atom stereocenters. The van der Waals surface area contributed by atoms with Crippen LogP contribution in [0.2, 0.25) is 0 Å². The molecule has 0 amide bonds. The number of esters is 3. The highest BCUT2D eigenvalue weighted by atomic mass is 16.7. The molecule has 0 aliphatic carbocycles. The molecule has 12 nitrogen and oxygen atoms in total. The first kappa shape index (κ1) is 68.9. The highest BCUT2D eigenvalue weighted by molar-refractivity contribution is 5.74. The Bertz CT molecular complexity index is 1630. The lowest BCUT2D eigenvalue weighted by Gasteiger charge is -2.40. The van der Waals surface area contributed by atoms with Crippen LogP contribution >= 0.6 is 0 Å². The summed E-state index contributed by atoms with van der Waals surface area (Å²) in [7, 11) is 0. The van der Waals surface area contributed by atoms with E-state index < -0.39 is 67.3 Å². The van der Waals surface area contributed by atoms with Gasteiger partial charge in [-0.1, -0.05) is 196 Å². The Hall–Kier alpha value is -4.10. The van der Waals surface area contributed by atoms with Crippen LogP contribution in [-0.2, 0) is 42.9 Å². The number of carbonyl (C=O) groups excluding carboxylic acids is 3. The summed E-state index contributed by atoms with van der Waals surface area (Å²) in [6.45, 7) is 5.73. The van der Waals surface area contributed by atoms with Gasteiger partial charge in [-0.2, -0.15) is 0 Å².